The average molecular weight is 309 g/mol. The van der Waals surface area contributed by atoms with Gasteiger partial charge >= 0.3 is 0 Å². The summed E-state index contributed by atoms with van der Waals surface area (Å²) in [5, 5.41) is 0.309. The summed E-state index contributed by atoms with van der Waals surface area (Å²) < 4.78 is 16.5. The largest absolute Gasteiger partial charge is 0.490 e. The Kier molecular flexibility index (Phi) is 5.78. The Balaban J connectivity index is 2.21. The molecule has 21 heavy (non-hydrogen) atoms. The molecule has 0 saturated carbocycles. The second-order valence-electron chi connectivity index (χ2n) is 4.06. The van der Waals surface area contributed by atoms with E-state index >= 15 is 0 Å². The van der Waals surface area contributed by atoms with Crippen LogP contribution in [-0.4, -0.2) is 23.2 Å². The van der Waals surface area contributed by atoms with Crippen molar-refractivity contribution in [3.8, 4) is 17.4 Å². The topological polar surface area (TPSA) is 53.5 Å². The molecule has 1 aromatic carbocycles. The van der Waals surface area contributed by atoms with Crippen LogP contribution in [-0.2, 0) is 11.3 Å². The molecule has 0 saturated heterocycles. The van der Waals surface area contributed by atoms with Crippen LogP contribution >= 0.6 is 11.6 Å². The number of para-hydroxylation sites is 2. The van der Waals surface area contributed by atoms with Gasteiger partial charge in [-0.2, -0.15) is 4.98 Å². The molecule has 0 aliphatic heterocycles. The highest BCUT2D eigenvalue weighted by Crippen LogP contribution is 2.31. The van der Waals surface area contributed by atoms with Gasteiger partial charge in [0.05, 0.1) is 6.61 Å². The summed E-state index contributed by atoms with van der Waals surface area (Å²) in [6.45, 7) is 5.25. The first-order valence-corrected chi connectivity index (χ1v) is 7.11. The molecule has 0 atom stereocenters. The van der Waals surface area contributed by atoms with Gasteiger partial charge < -0.3 is 14.2 Å². The lowest BCUT2D eigenvalue weighted by molar-refractivity contribution is 0.127. The van der Waals surface area contributed by atoms with E-state index in [2.05, 4.69) is 9.97 Å². The fourth-order valence-electron chi connectivity index (χ4n) is 1.67. The molecule has 0 bridgehead atoms. The van der Waals surface area contributed by atoms with Crippen LogP contribution in [0, 0.1) is 0 Å². The summed E-state index contributed by atoms with van der Waals surface area (Å²) in [4.78, 5) is 8.36. The number of hydrogen-bond donors (Lipinski definition) is 0. The van der Waals surface area contributed by atoms with Gasteiger partial charge in [-0.05, 0) is 26.0 Å². The summed E-state index contributed by atoms with van der Waals surface area (Å²) in [5.41, 5.74) is 0. The molecular formula is C15H17ClN2O3. The van der Waals surface area contributed by atoms with E-state index in [1.807, 2.05) is 38.1 Å². The second kappa shape index (κ2) is 7.81. The zero-order valence-corrected chi connectivity index (χ0v) is 12.8. The van der Waals surface area contributed by atoms with Gasteiger partial charge in [0.1, 0.15) is 11.8 Å². The molecule has 0 unspecified atom stereocenters. The van der Waals surface area contributed by atoms with E-state index in [0.29, 0.717) is 48.2 Å². The zero-order valence-electron chi connectivity index (χ0n) is 12.0. The summed E-state index contributed by atoms with van der Waals surface area (Å²) in [5.74, 6) is 2.07. The van der Waals surface area contributed by atoms with Crippen LogP contribution in [0.1, 0.15) is 19.7 Å². The fraction of sp³-hybridized carbons (Fsp3) is 0.333. The minimum absolute atomic E-state index is 0.292. The van der Waals surface area contributed by atoms with Crippen molar-refractivity contribution in [2.75, 3.05) is 13.2 Å². The van der Waals surface area contributed by atoms with Crippen LogP contribution in [0.15, 0.2) is 30.3 Å². The Morgan fingerprint density at radius 3 is 2.52 bits per heavy atom. The van der Waals surface area contributed by atoms with E-state index in [0.717, 1.165) is 0 Å². The molecule has 1 aromatic heterocycles. The molecule has 0 N–H and O–H groups in total. The van der Waals surface area contributed by atoms with Crippen molar-refractivity contribution >= 4 is 11.6 Å². The van der Waals surface area contributed by atoms with Crippen LogP contribution in [0.25, 0.3) is 0 Å². The number of ether oxygens (including phenoxy) is 3. The van der Waals surface area contributed by atoms with E-state index in [1.165, 1.54) is 0 Å². The Labute approximate surface area is 128 Å². The van der Waals surface area contributed by atoms with Crippen molar-refractivity contribution in [1.82, 2.24) is 9.97 Å². The molecule has 0 radical (unpaired) electrons. The fourth-order valence-corrected chi connectivity index (χ4v) is 1.86. The predicted octanol–water partition coefficient (Wildman–Crippen LogP) is 3.86. The Hall–Kier alpha value is -1.85. The SMILES string of the molecule is CCOCc1nc(Cl)cc(Oc2ccccc2OCC)n1. The first kappa shape index (κ1) is 15.5. The lowest BCUT2D eigenvalue weighted by Gasteiger charge is -2.11. The summed E-state index contributed by atoms with van der Waals surface area (Å²) in [7, 11) is 0. The first-order valence-electron chi connectivity index (χ1n) is 6.73. The maximum absolute atomic E-state index is 5.98. The number of aromatic nitrogens is 2. The van der Waals surface area contributed by atoms with Gasteiger partial charge in [0.25, 0.3) is 0 Å². The third-order valence-corrected chi connectivity index (χ3v) is 2.71. The lowest BCUT2D eigenvalue weighted by atomic mass is 10.3. The van der Waals surface area contributed by atoms with Gasteiger partial charge in [-0.15, -0.1) is 0 Å². The third-order valence-electron chi connectivity index (χ3n) is 2.52. The zero-order chi connectivity index (χ0) is 15.1. The molecule has 0 aliphatic rings. The lowest BCUT2D eigenvalue weighted by Crippen LogP contribution is -2.01. The summed E-state index contributed by atoms with van der Waals surface area (Å²) in [6.07, 6.45) is 0. The predicted molar refractivity (Wildman–Crippen MR) is 80.1 cm³/mol. The summed E-state index contributed by atoms with van der Waals surface area (Å²) in [6, 6.07) is 8.94. The third kappa shape index (κ3) is 4.58. The monoisotopic (exact) mass is 308 g/mol. The van der Waals surface area contributed by atoms with Gasteiger partial charge in [-0.25, -0.2) is 4.98 Å². The van der Waals surface area contributed by atoms with Crippen LogP contribution in [0.4, 0.5) is 0 Å². The van der Waals surface area contributed by atoms with Crippen molar-refractivity contribution in [2.24, 2.45) is 0 Å². The molecule has 0 amide bonds. The molecule has 0 spiro atoms. The van der Waals surface area contributed by atoms with Crippen molar-refractivity contribution in [1.29, 1.82) is 0 Å². The number of rotatable bonds is 7. The standard InChI is InChI=1S/C15H17ClN2O3/c1-3-19-10-14-17-13(16)9-15(18-14)21-12-8-6-5-7-11(12)20-4-2/h5-9H,3-4,10H2,1-2H3. The molecule has 6 heteroatoms. The Morgan fingerprint density at radius 1 is 1.05 bits per heavy atom. The molecule has 5 nitrogen and oxygen atoms in total. The highest BCUT2D eigenvalue weighted by atomic mass is 35.5. The molecule has 2 rings (SSSR count). The van der Waals surface area contributed by atoms with Crippen LogP contribution in [0.5, 0.6) is 17.4 Å². The van der Waals surface area contributed by atoms with Crippen molar-refractivity contribution in [2.45, 2.75) is 20.5 Å². The minimum atomic E-state index is 0.292. The van der Waals surface area contributed by atoms with Crippen molar-refractivity contribution in [3.05, 3.63) is 41.3 Å². The number of nitrogens with zero attached hydrogens (tertiary/aromatic N) is 2. The van der Waals surface area contributed by atoms with E-state index < -0.39 is 0 Å². The van der Waals surface area contributed by atoms with Crippen molar-refractivity contribution < 1.29 is 14.2 Å². The minimum Gasteiger partial charge on any atom is -0.490 e. The summed E-state index contributed by atoms with van der Waals surface area (Å²) >= 11 is 5.98. The quantitative estimate of drug-likeness (QED) is 0.727. The number of benzene rings is 1. The molecule has 0 fully saturated rings. The van der Waals surface area contributed by atoms with Crippen molar-refractivity contribution in [3.63, 3.8) is 0 Å². The molecule has 1 heterocycles. The van der Waals surface area contributed by atoms with Gasteiger partial charge in [0.2, 0.25) is 5.88 Å². The van der Waals surface area contributed by atoms with Gasteiger partial charge in [0.15, 0.2) is 17.3 Å². The maximum Gasteiger partial charge on any atom is 0.224 e. The van der Waals surface area contributed by atoms with Gasteiger partial charge in [0, 0.05) is 12.7 Å². The molecule has 112 valence electrons. The van der Waals surface area contributed by atoms with E-state index in [4.69, 9.17) is 25.8 Å². The highest BCUT2D eigenvalue weighted by Gasteiger charge is 2.09. The maximum atomic E-state index is 5.98. The normalized spacial score (nSPS) is 10.4. The van der Waals surface area contributed by atoms with Crippen LogP contribution in [0.3, 0.4) is 0 Å². The van der Waals surface area contributed by atoms with E-state index in [9.17, 15) is 0 Å². The van der Waals surface area contributed by atoms with Gasteiger partial charge in [-0.3, -0.25) is 0 Å². The smallest absolute Gasteiger partial charge is 0.224 e. The average Bonchev–Trinajstić information content (AvgIpc) is 2.47. The van der Waals surface area contributed by atoms with Gasteiger partial charge in [-0.1, -0.05) is 23.7 Å². The van der Waals surface area contributed by atoms with Crippen LogP contribution in [0.2, 0.25) is 5.15 Å². The molecular weight excluding hydrogens is 292 g/mol. The highest BCUT2D eigenvalue weighted by molar-refractivity contribution is 6.29. The number of halogens is 1. The molecule has 2 aromatic rings. The first-order chi connectivity index (χ1) is 10.2. The Bertz CT molecular complexity index is 593. The Morgan fingerprint density at radius 2 is 1.81 bits per heavy atom. The van der Waals surface area contributed by atoms with E-state index in [1.54, 1.807) is 6.07 Å². The second-order valence-corrected chi connectivity index (χ2v) is 4.45. The molecule has 0 aliphatic carbocycles. The van der Waals surface area contributed by atoms with E-state index in [-0.39, 0.29) is 0 Å². The van der Waals surface area contributed by atoms with Crippen LogP contribution < -0.4 is 9.47 Å². The number of hydrogen-bond acceptors (Lipinski definition) is 5.